The minimum Gasteiger partial charge on any atom is -0.462 e. The van der Waals surface area contributed by atoms with Crippen molar-refractivity contribution in [1.82, 2.24) is 0 Å². The van der Waals surface area contributed by atoms with Gasteiger partial charge in [0.2, 0.25) is 0 Å². The Morgan fingerprint density at radius 1 is 1.24 bits per heavy atom. The highest BCUT2D eigenvalue weighted by Crippen LogP contribution is 2.34. The molecule has 1 heterocycles. The topological polar surface area (TPSA) is 26.3 Å². The first-order chi connectivity index (χ1) is 8.20. The van der Waals surface area contributed by atoms with Crippen molar-refractivity contribution < 1.29 is 9.53 Å². The van der Waals surface area contributed by atoms with Gasteiger partial charge in [-0.1, -0.05) is 38.7 Å². The Morgan fingerprint density at radius 2 is 1.82 bits per heavy atom. The molecule has 17 heavy (non-hydrogen) atoms. The van der Waals surface area contributed by atoms with Crippen molar-refractivity contribution in [2.45, 2.75) is 57.1 Å². The Labute approximate surface area is 109 Å². The molecule has 2 nitrogen and oxygen atoms in total. The van der Waals surface area contributed by atoms with Crippen molar-refractivity contribution in [2.24, 2.45) is 0 Å². The van der Waals surface area contributed by atoms with Crippen molar-refractivity contribution in [2.75, 3.05) is 12.4 Å². The molecule has 1 atom stereocenters. The lowest BCUT2D eigenvalue weighted by Crippen LogP contribution is -2.05. The predicted octanol–water partition coefficient (Wildman–Crippen LogP) is 3.95. The Kier molecular flexibility index (Phi) is 7.41. The first-order valence-electron chi connectivity index (χ1n) is 6.64. The van der Waals surface area contributed by atoms with Crippen LogP contribution >= 0.6 is 11.8 Å². The van der Waals surface area contributed by atoms with Gasteiger partial charge in [0.25, 0.3) is 0 Å². The van der Waals surface area contributed by atoms with E-state index >= 15 is 0 Å². The average molecular weight is 256 g/mol. The second kappa shape index (κ2) is 8.62. The van der Waals surface area contributed by atoms with Crippen LogP contribution in [0.2, 0.25) is 0 Å². The van der Waals surface area contributed by atoms with E-state index in [0.717, 1.165) is 11.7 Å². The second-order valence-electron chi connectivity index (χ2n) is 4.78. The van der Waals surface area contributed by atoms with Gasteiger partial charge in [0.05, 0.1) is 6.61 Å². The zero-order valence-corrected chi connectivity index (χ0v) is 11.7. The molecule has 0 saturated carbocycles. The Balaban J connectivity index is 1.74. The summed E-state index contributed by atoms with van der Waals surface area (Å²) in [5.74, 6) is 1.14. The molecule has 0 N–H and O–H groups in total. The third-order valence-corrected chi connectivity index (χ3v) is 3.94. The zero-order chi connectivity index (χ0) is 12.5. The van der Waals surface area contributed by atoms with Gasteiger partial charge in [-0.3, -0.25) is 0 Å². The molecule has 0 radical (unpaired) electrons. The highest BCUT2D eigenvalue weighted by Gasteiger charge is 2.20. The van der Waals surface area contributed by atoms with E-state index < -0.39 is 0 Å². The van der Waals surface area contributed by atoms with E-state index in [2.05, 4.69) is 18.3 Å². The number of rotatable bonds is 10. The molecular weight excluding hydrogens is 232 g/mol. The van der Waals surface area contributed by atoms with Crippen molar-refractivity contribution in [3.63, 3.8) is 0 Å². The highest BCUT2D eigenvalue weighted by atomic mass is 32.2. The van der Waals surface area contributed by atoms with Gasteiger partial charge in [-0.05, 0) is 19.8 Å². The van der Waals surface area contributed by atoms with Gasteiger partial charge in [0.1, 0.15) is 0 Å². The molecule has 98 valence electrons. The number of esters is 1. The number of hydrogen-bond acceptors (Lipinski definition) is 3. The van der Waals surface area contributed by atoms with Crippen molar-refractivity contribution in [3.05, 3.63) is 12.2 Å². The van der Waals surface area contributed by atoms with Gasteiger partial charge >= 0.3 is 5.97 Å². The first kappa shape index (κ1) is 14.6. The molecule has 0 amide bonds. The molecule has 1 aliphatic heterocycles. The summed E-state index contributed by atoms with van der Waals surface area (Å²) in [6.45, 7) is 5.77. The number of unbranched alkanes of at least 4 members (excludes halogenated alkanes) is 5. The Bertz CT molecular complexity index is 247. The van der Waals surface area contributed by atoms with E-state index in [0.29, 0.717) is 12.2 Å². The molecule has 1 rings (SSSR count). The molecule has 0 aromatic carbocycles. The fourth-order valence-corrected chi connectivity index (χ4v) is 2.34. The lowest BCUT2D eigenvalue weighted by atomic mass is 10.1. The van der Waals surface area contributed by atoms with Crippen LogP contribution in [0, 0.1) is 0 Å². The maximum absolute atomic E-state index is 11.1. The average Bonchev–Trinajstić information content (AvgIpc) is 3.10. The predicted molar refractivity (Wildman–Crippen MR) is 74.3 cm³/mol. The normalized spacial score (nSPS) is 17.8. The lowest BCUT2D eigenvalue weighted by molar-refractivity contribution is -0.139. The maximum atomic E-state index is 11.1. The monoisotopic (exact) mass is 256 g/mol. The molecule has 1 fully saturated rings. The van der Waals surface area contributed by atoms with Crippen molar-refractivity contribution in [3.8, 4) is 0 Å². The van der Waals surface area contributed by atoms with Gasteiger partial charge in [-0.25, -0.2) is 4.79 Å². The van der Waals surface area contributed by atoms with E-state index in [1.54, 1.807) is 6.92 Å². The number of hydrogen-bond donors (Lipinski definition) is 0. The fourth-order valence-electron chi connectivity index (χ4n) is 1.70. The van der Waals surface area contributed by atoms with Crippen LogP contribution in [-0.4, -0.2) is 23.6 Å². The molecular formula is C14H24O2S. The van der Waals surface area contributed by atoms with Gasteiger partial charge in [-0.15, -0.1) is 0 Å². The van der Waals surface area contributed by atoms with Crippen LogP contribution in [-0.2, 0) is 9.53 Å². The van der Waals surface area contributed by atoms with Crippen LogP contribution < -0.4 is 0 Å². The van der Waals surface area contributed by atoms with Gasteiger partial charge < -0.3 is 4.74 Å². The second-order valence-corrected chi connectivity index (χ2v) is 6.11. The van der Waals surface area contributed by atoms with Crippen LogP contribution in [0.4, 0.5) is 0 Å². The lowest BCUT2D eigenvalue weighted by Gasteiger charge is -2.04. The van der Waals surface area contributed by atoms with Crippen LogP contribution in [0.25, 0.3) is 0 Å². The van der Waals surface area contributed by atoms with Crippen LogP contribution in [0.5, 0.6) is 0 Å². The zero-order valence-electron chi connectivity index (χ0n) is 10.9. The molecule has 0 bridgehead atoms. The van der Waals surface area contributed by atoms with Gasteiger partial charge in [0.15, 0.2) is 0 Å². The molecule has 3 heteroatoms. The van der Waals surface area contributed by atoms with E-state index in [1.807, 2.05) is 0 Å². The van der Waals surface area contributed by atoms with E-state index in [1.165, 1.54) is 44.3 Å². The summed E-state index contributed by atoms with van der Waals surface area (Å²) in [5, 5.41) is 0.997. The third kappa shape index (κ3) is 8.31. The quantitative estimate of drug-likeness (QED) is 0.256. The summed E-state index contributed by atoms with van der Waals surface area (Å²) in [6, 6.07) is 0. The summed E-state index contributed by atoms with van der Waals surface area (Å²) in [7, 11) is 0. The van der Waals surface area contributed by atoms with E-state index in [-0.39, 0.29) is 5.97 Å². The van der Waals surface area contributed by atoms with Crippen molar-refractivity contribution in [1.29, 1.82) is 0 Å². The molecule has 0 aromatic rings. The number of carbonyl (C=O) groups is 1. The van der Waals surface area contributed by atoms with Gasteiger partial charge in [-0.2, -0.15) is 11.8 Å². The van der Waals surface area contributed by atoms with Crippen LogP contribution in [0.3, 0.4) is 0 Å². The maximum Gasteiger partial charge on any atom is 0.333 e. The Morgan fingerprint density at radius 3 is 2.41 bits per heavy atom. The largest absolute Gasteiger partial charge is 0.462 e. The number of ether oxygens (including phenoxy) is 1. The van der Waals surface area contributed by atoms with E-state index in [9.17, 15) is 4.79 Å². The number of thioether (sulfide) groups is 1. The minimum atomic E-state index is -0.257. The van der Waals surface area contributed by atoms with Crippen LogP contribution in [0.15, 0.2) is 12.2 Å². The van der Waals surface area contributed by atoms with Crippen LogP contribution in [0.1, 0.15) is 51.9 Å². The number of carbonyl (C=O) groups excluding carboxylic acids is 1. The van der Waals surface area contributed by atoms with Gasteiger partial charge in [0, 0.05) is 16.6 Å². The smallest absolute Gasteiger partial charge is 0.333 e. The van der Waals surface area contributed by atoms with Crippen molar-refractivity contribution >= 4 is 17.7 Å². The first-order valence-corrected chi connectivity index (χ1v) is 7.69. The standard InChI is InChI=1S/C14H24O2S/c1-12(2)14(15)16-10-8-6-4-3-5-7-9-13-11-17-13/h13H,1,3-11H2,2H3. The molecule has 1 unspecified atom stereocenters. The summed E-state index contributed by atoms with van der Waals surface area (Å²) < 4.78 is 5.03. The third-order valence-electron chi connectivity index (χ3n) is 2.90. The summed E-state index contributed by atoms with van der Waals surface area (Å²) in [6.07, 6.45) is 8.92. The van der Waals surface area contributed by atoms with E-state index in [4.69, 9.17) is 4.74 Å². The fraction of sp³-hybridized carbons (Fsp3) is 0.786. The Hall–Kier alpha value is -0.440. The summed E-state index contributed by atoms with van der Waals surface area (Å²) in [4.78, 5) is 11.1. The SMILES string of the molecule is C=C(C)C(=O)OCCCCCCCCC1CS1. The minimum absolute atomic E-state index is 0.257. The molecule has 0 aliphatic carbocycles. The molecule has 1 saturated heterocycles. The molecule has 0 spiro atoms. The highest BCUT2D eigenvalue weighted by molar-refractivity contribution is 8.06. The molecule has 0 aromatic heterocycles. The molecule has 1 aliphatic rings. The summed E-state index contributed by atoms with van der Waals surface area (Å²) >= 11 is 2.09. The summed E-state index contributed by atoms with van der Waals surface area (Å²) in [5.41, 5.74) is 0.489.